The summed E-state index contributed by atoms with van der Waals surface area (Å²) >= 11 is 11.2. The number of rotatable bonds is 4. The van der Waals surface area contributed by atoms with Crippen LogP contribution in [0.25, 0.3) is 0 Å². The summed E-state index contributed by atoms with van der Waals surface area (Å²) in [4.78, 5) is 12.2. The van der Waals surface area contributed by atoms with Gasteiger partial charge in [0.25, 0.3) is 0 Å². The normalized spacial score (nSPS) is 20.6. The summed E-state index contributed by atoms with van der Waals surface area (Å²) in [5.74, 6) is -3.45. The van der Waals surface area contributed by atoms with Crippen molar-refractivity contribution in [2.75, 3.05) is 0 Å². The summed E-state index contributed by atoms with van der Waals surface area (Å²) in [6.45, 7) is 4.28. The molecule has 1 aliphatic rings. The second-order valence-electron chi connectivity index (χ2n) is 6.45. The van der Waals surface area contributed by atoms with Gasteiger partial charge in [0.05, 0.1) is 11.5 Å². The predicted molar refractivity (Wildman–Crippen MR) is 89.3 cm³/mol. The molecule has 2 rings (SSSR count). The van der Waals surface area contributed by atoms with Crippen LogP contribution in [-0.2, 0) is 16.1 Å². The summed E-state index contributed by atoms with van der Waals surface area (Å²) in [5.41, 5.74) is -1.79. The van der Waals surface area contributed by atoms with E-state index in [9.17, 15) is 18.0 Å². The van der Waals surface area contributed by atoms with E-state index in [1.165, 1.54) is 13.0 Å². The molecule has 0 unspecified atom stereocenters. The van der Waals surface area contributed by atoms with Crippen molar-refractivity contribution in [3.8, 4) is 12.3 Å². The van der Waals surface area contributed by atoms with E-state index < -0.39 is 46.9 Å². The van der Waals surface area contributed by atoms with Crippen LogP contribution in [0.5, 0.6) is 0 Å². The van der Waals surface area contributed by atoms with Crippen molar-refractivity contribution >= 4 is 29.2 Å². The molecule has 0 saturated heterocycles. The zero-order valence-corrected chi connectivity index (χ0v) is 15.2. The highest BCUT2D eigenvalue weighted by Gasteiger charge is 2.61. The number of allylic oxidation sites excluding steroid dienone is 1. The Hall–Kier alpha value is -1.64. The monoisotopic (exact) mass is 390 g/mol. The highest BCUT2D eigenvalue weighted by Crippen LogP contribution is 2.60. The van der Waals surface area contributed by atoms with Crippen LogP contribution in [0.3, 0.4) is 0 Å². The minimum atomic E-state index is -1.47. The lowest BCUT2D eigenvalue weighted by Gasteiger charge is -2.12. The first kappa shape index (κ1) is 19.7. The number of carbonyl (C=O) groups is 1. The van der Waals surface area contributed by atoms with Gasteiger partial charge in [-0.05, 0) is 29.9 Å². The SMILES string of the molecule is C#Cc1c(F)c(C)c(COC(=O)[C@@H]2[C@@H](C=C(Cl)Cl)C2(C)C)c(F)c1F. The molecule has 0 N–H and O–H groups in total. The molecule has 0 spiro atoms. The fourth-order valence-corrected chi connectivity index (χ4v) is 3.20. The number of benzene rings is 1. The van der Waals surface area contributed by atoms with Crippen molar-refractivity contribution in [1.29, 1.82) is 0 Å². The first-order valence-corrected chi connectivity index (χ1v) is 8.11. The molecule has 0 amide bonds. The average molecular weight is 391 g/mol. The van der Waals surface area contributed by atoms with Crippen molar-refractivity contribution in [3.05, 3.63) is 44.7 Å². The molecule has 134 valence electrons. The van der Waals surface area contributed by atoms with E-state index in [0.717, 1.165) is 0 Å². The molecule has 2 nitrogen and oxygen atoms in total. The maximum atomic E-state index is 14.1. The number of carbonyl (C=O) groups excluding carboxylic acids is 1. The molecule has 0 heterocycles. The third-order valence-corrected chi connectivity index (χ3v) is 4.90. The summed E-state index contributed by atoms with van der Waals surface area (Å²) in [7, 11) is 0. The summed E-state index contributed by atoms with van der Waals surface area (Å²) < 4.78 is 47.0. The first-order chi connectivity index (χ1) is 11.5. The van der Waals surface area contributed by atoms with E-state index in [2.05, 4.69) is 0 Å². The molecule has 0 aliphatic heterocycles. The fourth-order valence-electron chi connectivity index (χ4n) is 2.93. The minimum absolute atomic E-state index is 0.0317. The Morgan fingerprint density at radius 2 is 1.88 bits per heavy atom. The van der Waals surface area contributed by atoms with Crippen LogP contribution in [0, 0.1) is 54.0 Å². The quantitative estimate of drug-likeness (QED) is 0.409. The maximum Gasteiger partial charge on any atom is 0.310 e. The molecule has 7 heteroatoms. The molecular formula is C18H15Cl2F3O2. The number of halogens is 5. The van der Waals surface area contributed by atoms with Crippen molar-refractivity contribution in [2.45, 2.75) is 27.4 Å². The van der Waals surface area contributed by atoms with Crippen LogP contribution >= 0.6 is 23.2 Å². The van der Waals surface area contributed by atoms with Crippen LogP contribution in [0.4, 0.5) is 13.2 Å². The van der Waals surface area contributed by atoms with Crippen molar-refractivity contribution in [2.24, 2.45) is 17.3 Å². The van der Waals surface area contributed by atoms with E-state index in [1.807, 2.05) is 13.8 Å². The highest BCUT2D eigenvalue weighted by atomic mass is 35.5. The second-order valence-corrected chi connectivity index (χ2v) is 7.46. The Morgan fingerprint density at radius 1 is 1.28 bits per heavy atom. The van der Waals surface area contributed by atoms with Gasteiger partial charge in [-0.15, -0.1) is 6.42 Å². The molecule has 1 saturated carbocycles. The van der Waals surface area contributed by atoms with Crippen molar-refractivity contribution < 1.29 is 22.7 Å². The third-order valence-electron chi connectivity index (χ3n) is 4.65. The fraction of sp³-hybridized carbons (Fsp3) is 0.389. The highest BCUT2D eigenvalue weighted by molar-refractivity contribution is 6.55. The van der Waals surface area contributed by atoms with Gasteiger partial charge in [0.2, 0.25) is 0 Å². The lowest BCUT2D eigenvalue weighted by atomic mass is 10.0. The van der Waals surface area contributed by atoms with Crippen LogP contribution in [0.2, 0.25) is 0 Å². The average Bonchev–Trinajstić information content (AvgIpc) is 3.05. The smallest absolute Gasteiger partial charge is 0.310 e. The van der Waals surface area contributed by atoms with Gasteiger partial charge in [-0.2, -0.15) is 0 Å². The van der Waals surface area contributed by atoms with E-state index in [1.54, 1.807) is 5.92 Å². The van der Waals surface area contributed by atoms with Gasteiger partial charge in [0.1, 0.15) is 16.9 Å². The van der Waals surface area contributed by atoms with Crippen LogP contribution in [0.1, 0.15) is 30.5 Å². The molecular weight excluding hydrogens is 376 g/mol. The first-order valence-electron chi connectivity index (χ1n) is 7.36. The van der Waals surface area contributed by atoms with E-state index in [-0.39, 0.29) is 21.5 Å². The molecule has 1 aromatic rings. The molecule has 1 aliphatic carbocycles. The van der Waals surface area contributed by atoms with Gasteiger partial charge in [-0.25, -0.2) is 13.2 Å². The van der Waals surface area contributed by atoms with Gasteiger partial charge in [0.15, 0.2) is 11.6 Å². The number of ether oxygens (including phenoxy) is 1. The molecule has 0 radical (unpaired) electrons. The lowest BCUT2D eigenvalue weighted by molar-refractivity contribution is -0.147. The van der Waals surface area contributed by atoms with Gasteiger partial charge >= 0.3 is 5.97 Å². The van der Waals surface area contributed by atoms with Crippen LogP contribution in [-0.4, -0.2) is 5.97 Å². The Morgan fingerprint density at radius 3 is 2.40 bits per heavy atom. The number of hydrogen-bond donors (Lipinski definition) is 0. The molecule has 25 heavy (non-hydrogen) atoms. The summed E-state index contributed by atoms with van der Waals surface area (Å²) in [6.07, 6.45) is 6.51. The Kier molecular flexibility index (Phi) is 5.46. The zero-order chi connectivity index (χ0) is 19.1. The van der Waals surface area contributed by atoms with Gasteiger partial charge in [-0.3, -0.25) is 4.79 Å². The zero-order valence-electron chi connectivity index (χ0n) is 13.7. The molecule has 1 fully saturated rings. The number of esters is 1. The van der Waals surface area contributed by atoms with E-state index in [4.69, 9.17) is 34.4 Å². The van der Waals surface area contributed by atoms with Crippen molar-refractivity contribution in [3.63, 3.8) is 0 Å². The van der Waals surface area contributed by atoms with Crippen LogP contribution in [0.15, 0.2) is 10.6 Å². The summed E-state index contributed by atoms with van der Waals surface area (Å²) in [5, 5.41) is 0. The largest absolute Gasteiger partial charge is 0.460 e. The van der Waals surface area contributed by atoms with Gasteiger partial charge in [-0.1, -0.05) is 43.0 Å². The second kappa shape index (κ2) is 6.93. The topological polar surface area (TPSA) is 26.3 Å². The minimum Gasteiger partial charge on any atom is -0.460 e. The predicted octanol–water partition coefficient (Wildman–Crippen LogP) is 5.03. The van der Waals surface area contributed by atoms with Crippen molar-refractivity contribution in [1.82, 2.24) is 0 Å². The van der Waals surface area contributed by atoms with Gasteiger partial charge in [0, 0.05) is 5.56 Å². The van der Waals surface area contributed by atoms with Gasteiger partial charge < -0.3 is 4.74 Å². The lowest BCUT2D eigenvalue weighted by Crippen LogP contribution is -2.14. The maximum absolute atomic E-state index is 14.1. The van der Waals surface area contributed by atoms with E-state index in [0.29, 0.717) is 0 Å². The molecule has 2 atom stereocenters. The number of hydrogen-bond acceptors (Lipinski definition) is 2. The Bertz CT molecular complexity index is 777. The molecule has 0 bridgehead atoms. The molecule has 0 aromatic heterocycles. The Balaban J connectivity index is 2.20. The standard InChI is InChI=1S/C18H15Cl2F3O2/c1-5-9-14(21)8(2)10(16(23)15(9)22)7-25-17(24)13-11(6-12(19)20)18(13,3)4/h1,6,11,13H,7H2,2-4H3/t11-,13+/m1/s1. The molecule has 1 aromatic carbocycles. The van der Waals surface area contributed by atoms with Crippen LogP contribution < -0.4 is 0 Å². The number of terminal acetylenes is 1. The summed E-state index contributed by atoms with van der Waals surface area (Å²) in [6, 6.07) is 0. The van der Waals surface area contributed by atoms with E-state index >= 15 is 0 Å². The third kappa shape index (κ3) is 3.51. The Labute approximate surface area is 153 Å².